The van der Waals surface area contributed by atoms with Crippen molar-refractivity contribution in [3.8, 4) is 5.75 Å². The molecular formula is C8H9BrClNO2. The highest BCUT2D eigenvalue weighted by Gasteiger charge is 2.06. The van der Waals surface area contributed by atoms with Crippen LogP contribution < -0.4 is 10.2 Å². The number of methoxy groups -OCH3 is 1. The lowest BCUT2D eigenvalue weighted by Crippen LogP contribution is -2.07. The zero-order chi connectivity index (χ0) is 9.84. The number of hydrogen-bond donors (Lipinski definition) is 2. The standard InChI is InChI=1S/C8H9BrClNO2/c1-13-8-3-6(9)7(10)2-5(8)4-11-12/h2-3,11-12H,4H2,1H3. The Morgan fingerprint density at radius 2 is 2.31 bits per heavy atom. The van der Waals surface area contributed by atoms with Gasteiger partial charge in [-0.25, -0.2) is 5.48 Å². The zero-order valence-electron chi connectivity index (χ0n) is 6.97. The number of nitrogens with one attached hydrogen (secondary N) is 1. The van der Waals surface area contributed by atoms with E-state index >= 15 is 0 Å². The molecule has 2 N–H and O–H groups in total. The molecule has 0 aliphatic heterocycles. The van der Waals surface area contributed by atoms with Gasteiger partial charge in [0, 0.05) is 16.6 Å². The van der Waals surface area contributed by atoms with Crippen LogP contribution in [0.25, 0.3) is 0 Å². The van der Waals surface area contributed by atoms with Crippen molar-refractivity contribution < 1.29 is 9.94 Å². The summed E-state index contributed by atoms with van der Waals surface area (Å²) in [6, 6.07) is 3.49. The molecule has 5 heteroatoms. The highest BCUT2D eigenvalue weighted by atomic mass is 79.9. The van der Waals surface area contributed by atoms with Crippen molar-refractivity contribution in [2.45, 2.75) is 6.54 Å². The molecule has 0 amide bonds. The minimum absolute atomic E-state index is 0.302. The number of halogens is 2. The molecule has 0 aliphatic carbocycles. The summed E-state index contributed by atoms with van der Waals surface area (Å²) in [6.45, 7) is 0.302. The lowest BCUT2D eigenvalue weighted by atomic mass is 10.2. The van der Waals surface area contributed by atoms with Crippen LogP contribution >= 0.6 is 27.5 Å². The first-order chi connectivity index (χ1) is 6.19. The molecular weight excluding hydrogens is 257 g/mol. The predicted molar refractivity (Wildman–Crippen MR) is 54.3 cm³/mol. The highest BCUT2D eigenvalue weighted by molar-refractivity contribution is 9.10. The summed E-state index contributed by atoms with van der Waals surface area (Å²) < 4.78 is 5.86. The number of ether oxygens (including phenoxy) is 1. The molecule has 0 radical (unpaired) electrons. The second-order valence-electron chi connectivity index (χ2n) is 2.41. The maximum Gasteiger partial charge on any atom is 0.124 e. The van der Waals surface area contributed by atoms with E-state index in [1.54, 1.807) is 19.2 Å². The lowest BCUT2D eigenvalue weighted by molar-refractivity contribution is 0.160. The van der Waals surface area contributed by atoms with Crippen LogP contribution in [0, 0.1) is 0 Å². The summed E-state index contributed by atoms with van der Waals surface area (Å²) in [4.78, 5) is 0. The SMILES string of the molecule is COc1cc(Br)c(Cl)cc1CNO. The van der Waals surface area contributed by atoms with Gasteiger partial charge in [0.2, 0.25) is 0 Å². The number of rotatable bonds is 3. The number of hydroxylamine groups is 1. The van der Waals surface area contributed by atoms with E-state index in [9.17, 15) is 0 Å². The van der Waals surface area contributed by atoms with E-state index in [0.29, 0.717) is 17.3 Å². The third-order valence-corrected chi connectivity index (χ3v) is 2.79. The van der Waals surface area contributed by atoms with Crippen LogP contribution in [0.1, 0.15) is 5.56 Å². The van der Waals surface area contributed by atoms with Crippen molar-refractivity contribution in [3.63, 3.8) is 0 Å². The summed E-state index contributed by atoms with van der Waals surface area (Å²) in [5.41, 5.74) is 2.86. The first-order valence-electron chi connectivity index (χ1n) is 3.58. The van der Waals surface area contributed by atoms with E-state index < -0.39 is 0 Å². The maximum absolute atomic E-state index is 8.54. The van der Waals surface area contributed by atoms with E-state index in [-0.39, 0.29) is 0 Å². The summed E-state index contributed by atoms with van der Waals surface area (Å²) in [7, 11) is 1.57. The topological polar surface area (TPSA) is 41.5 Å². The van der Waals surface area contributed by atoms with Gasteiger partial charge >= 0.3 is 0 Å². The molecule has 0 saturated heterocycles. The van der Waals surface area contributed by atoms with Gasteiger partial charge in [0.25, 0.3) is 0 Å². The monoisotopic (exact) mass is 265 g/mol. The molecule has 0 unspecified atom stereocenters. The van der Waals surface area contributed by atoms with Crippen LogP contribution in [0.15, 0.2) is 16.6 Å². The second-order valence-corrected chi connectivity index (χ2v) is 3.67. The molecule has 0 heterocycles. The number of benzene rings is 1. The molecule has 0 aliphatic rings. The third kappa shape index (κ3) is 2.57. The Morgan fingerprint density at radius 1 is 1.62 bits per heavy atom. The van der Waals surface area contributed by atoms with Crippen LogP contribution in [0.3, 0.4) is 0 Å². The van der Waals surface area contributed by atoms with Gasteiger partial charge in [0.1, 0.15) is 5.75 Å². The molecule has 3 nitrogen and oxygen atoms in total. The molecule has 13 heavy (non-hydrogen) atoms. The minimum atomic E-state index is 0.302. The summed E-state index contributed by atoms with van der Waals surface area (Å²) in [5.74, 6) is 0.679. The minimum Gasteiger partial charge on any atom is -0.496 e. The Balaban J connectivity index is 3.09. The molecule has 1 aromatic rings. The van der Waals surface area contributed by atoms with E-state index in [0.717, 1.165) is 10.0 Å². The van der Waals surface area contributed by atoms with E-state index in [2.05, 4.69) is 21.4 Å². The normalized spacial score (nSPS) is 10.2. The summed E-state index contributed by atoms with van der Waals surface area (Å²) >= 11 is 9.14. The number of hydrogen-bond acceptors (Lipinski definition) is 3. The summed E-state index contributed by atoms with van der Waals surface area (Å²) in [5, 5.41) is 9.13. The molecule has 0 aromatic heterocycles. The van der Waals surface area contributed by atoms with Gasteiger partial charge in [-0.05, 0) is 28.1 Å². The van der Waals surface area contributed by atoms with Crippen LogP contribution in [-0.2, 0) is 6.54 Å². The van der Waals surface area contributed by atoms with Gasteiger partial charge in [-0.2, -0.15) is 0 Å². The Hall–Kier alpha value is -0.290. The van der Waals surface area contributed by atoms with Crippen molar-refractivity contribution in [3.05, 3.63) is 27.2 Å². The average molecular weight is 267 g/mol. The van der Waals surface area contributed by atoms with Crippen LogP contribution in [0.2, 0.25) is 5.02 Å². The van der Waals surface area contributed by atoms with Crippen LogP contribution in [0.5, 0.6) is 5.75 Å². The largest absolute Gasteiger partial charge is 0.496 e. The first-order valence-corrected chi connectivity index (χ1v) is 4.75. The van der Waals surface area contributed by atoms with Gasteiger partial charge in [0.05, 0.1) is 12.1 Å². The van der Waals surface area contributed by atoms with E-state index in [4.69, 9.17) is 21.5 Å². The smallest absolute Gasteiger partial charge is 0.124 e. The lowest BCUT2D eigenvalue weighted by Gasteiger charge is -2.08. The van der Waals surface area contributed by atoms with Gasteiger partial charge in [0.15, 0.2) is 0 Å². The van der Waals surface area contributed by atoms with Crippen molar-refractivity contribution >= 4 is 27.5 Å². The van der Waals surface area contributed by atoms with Gasteiger partial charge in [-0.3, -0.25) is 0 Å². The predicted octanol–water partition coefficient (Wildman–Crippen LogP) is 2.59. The molecule has 72 valence electrons. The first kappa shape index (κ1) is 10.8. The zero-order valence-corrected chi connectivity index (χ0v) is 9.32. The molecule has 1 rings (SSSR count). The maximum atomic E-state index is 8.54. The Labute approximate surface area is 89.7 Å². The average Bonchev–Trinajstić information content (AvgIpc) is 2.11. The third-order valence-electron chi connectivity index (χ3n) is 1.59. The molecule has 0 atom stereocenters. The van der Waals surface area contributed by atoms with Gasteiger partial charge in [-0.15, -0.1) is 0 Å². The fourth-order valence-electron chi connectivity index (χ4n) is 0.983. The molecule has 0 spiro atoms. The fraction of sp³-hybridized carbons (Fsp3) is 0.250. The van der Waals surface area contributed by atoms with Crippen LogP contribution in [0.4, 0.5) is 0 Å². The highest BCUT2D eigenvalue weighted by Crippen LogP contribution is 2.30. The Kier molecular flexibility index (Phi) is 3.99. The summed E-state index contributed by atoms with van der Waals surface area (Å²) in [6.07, 6.45) is 0. The molecule has 0 bridgehead atoms. The van der Waals surface area contributed by atoms with Crippen molar-refractivity contribution in [1.82, 2.24) is 5.48 Å². The molecule has 0 fully saturated rings. The fourth-order valence-corrected chi connectivity index (χ4v) is 1.49. The Morgan fingerprint density at radius 3 is 2.85 bits per heavy atom. The quantitative estimate of drug-likeness (QED) is 0.826. The molecule has 1 aromatic carbocycles. The van der Waals surface area contributed by atoms with E-state index in [1.807, 2.05) is 0 Å². The van der Waals surface area contributed by atoms with Crippen LogP contribution in [-0.4, -0.2) is 12.3 Å². The molecule has 0 saturated carbocycles. The van der Waals surface area contributed by atoms with Gasteiger partial charge in [-0.1, -0.05) is 11.6 Å². The van der Waals surface area contributed by atoms with Crippen molar-refractivity contribution in [2.75, 3.05) is 7.11 Å². The van der Waals surface area contributed by atoms with Gasteiger partial charge < -0.3 is 9.94 Å². The van der Waals surface area contributed by atoms with Crippen molar-refractivity contribution in [2.24, 2.45) is 0 Å². The second kappa shape index (κ2) is 4.81. The van der Waals surface area contributed by atoms with Crippen molar-refractivity contribution in [1.29, 1.82) is 0 Å². The Bertz CT molecular complexity index is 306. The van der Waals surface area contributed by atoms with E-state index in [1.165, 1.54) is 0 Å².